The van der Waals surface area contributed by atoms with Gasteiger partial charge in [-0.2, -0.15) is 0 Å². The van der Waals surface area contributed by atoms with Gasteiger partial charge in [-0.15, -0.1) is 0 Å². The van der Waals surface area contributed by atoms with Gasteiger partial charge in [0.2, 0.25) is 0 Å². The number of rotatable bonds is 3. The fourth-order valence-electron chi connectivity index (χ4n) is 2.77. The first-order valence-electron chi connectivity index (χ1n) is 7.40. The Bertz CT molecular complexity index is 955. The summed E-state index contributed by atoms with van der Waals surface area (Å²) in [5.41, 5.74) is 1.75. The highest BCUT2D eigenvalue weighted by atomic mass is 32.2. The number of nitrogens with zero attached hydrogens (tertiary/aromatic N) is 2. The van der Waals surface area contributed by atoms with E-state index in [1.54, 1.807) is 41.3 Å². The second-order valence-electron chi connectivity index (χ2n) is 5.47. The molecule has 8 heteroatoms. The first-order chi connectivity index (χ1) is 11.5. The van der Waals surface area contributed by atoms with Gasteiger partial charge in [-0.25, -0.2) is 13.2 Å². The fourth-order valence-corrected chi connectivity index (χ4v) is 3.84. The Hall–Kier alpha value is -2.87. The molecule has 0 aromatic heterocycles. The lowest BCUT2D eigenvalue weighted by atomic mass is 10.1. The Morgan fingerprint density at radius 3 is 2.71 bits per heavy atom. The molecule has 2 N–H and O–H groups in total. The lowest BCUT2D eigenvalue weighted by Gasteiger charge is -2.26. The highest BCUT2D eigenvalue weighted by Crippen LogP contribution is 2.29. The zero-order valence-electron chi connectivity index (χ0n) is 12.6. The zero-order chi connectivity index (χ0) is 16.7. The first kappa shape index (κ1) is 14.7. The van der Waals surface area contributed by atoms with Gasteiger partial charge in [-0.05, 0) is 30.3 Å². The third-order valence-corrected chi connectivity index (χ3v) is 5.29. The Balaban J connectivity index is 1.70. The SMILES string of the molecule is O=C1Nc2ccc(NS(=O)(=O)c3ccccc3)cc2C2=NCCN12. The van der Waals surface area contributed by atoms with Gasteiger partial charge in [0.25, 0.3) is 10.0 Å². The summed E-state index contributed by atoms with van der Waals surface area (Å²) in [7, 11) is -3.66. The van der Waals surface area contributed by atoms with Crippen LogP contribution in [0.3, 0.4) is 0 Å². The van der Waals surface area contributed by atoms with Gasteiger partial charge < -0.3 is 5.32 Å². The van der Waals surface area contributed by atoms with Crippen LogP contribution in [-0.2, 0) is 10.0 Å². The number of amides is 2. The van der Waals surface area contributed by atoms with E-state index in [0.717, 1.165) is 0 Å². The van der Waals surface area contributed by atoms with Crippen molar-refractivity contribution < 1.29 is 13.2 Å². The normalized spacial score (nSPS) is 16.1. The smallest absolute Gasteiger partial charge is 0.307 e. The molecule has 0 atom stereocenters. The van der Waals surface area contributed by atoms with Crippen molar-refractivity contribution in [1.82, 2.24) is 4.90 Å². The van der Waals surface area contributed by atoms with Gasteiger partial charge in [0.15, 0.2) is 0 Å². The molecule has 0 fully saturated rings. The lowest BCUT2D eigenvalue weighted by Crippen LogP contribution is -2.42. The van der Waals surface area contributed by atoms with Crippen molar-refractivity contribution in [3.63, 3.8) is 0 Å². The Morgan fingerprint density at radius 2 is 1.92 bits per heavy atom. The van der Waals surface area contributed by atoms with E-state index in [1.165, 1.54) is 12.1 Å². The van der Waals surface area contributed by atoms with Gasteiger partial charge in [-0.1, -0.05) is 18.2 Å². The average molecular weight is 342 g/mol. The monoisotopic (exact) mass is 342 g/mol. The van der Waals surface area contributed by atoms with Crippen LogP contribution in [0.5, 0.6) is 0 Å². The molecule has 2 aromatic carbocycles. The number of amidine groups is 1. The minimum absolute atomic E-state index is 0.191. The molecule has 0 saturated carbocycles. The number of anilines is 2. The lowest BCUT2D eigenvalue weighted by molar-refractivity contribution is 0.235. The summed E-state index contributed by atoms with van der Waals surface area (Å²) < 4.78 is 27.4. The Morgan fingerprint density at radius 1 is 1.12 bits per heavy atom. The molecule has 0 unspecified atom stereocenters. The van der Waals surface area contributed by atoms with E-state index in [1.807, 2.05) is 0 Å². The number of urea groups is 1. The van der Waals surface area contributed by atoms with Crippen LogP contribution in [0.25, 0.3) is 0 Å². The summed E-state index contributed by atoms with van der Waals surface area (Å²) in [4.78, 5) is 18.1. The molecule has 7 nitrogen and oxygen atoms in total. The average Bonchev–Trinajstić information content (AvgIpc) is 3.07. The molecule has 2 heterocycles. The van der Waals surface area contributed by atoms with E-state index in [0.29, 0.717) is 35.9 Å². The van der Waals surface area contributed by atoms with Crippen LogP contribution in [-0.4, -0.2) is 38.3 Å². The van der Waals surface area contributed by atoms with Crippen molar-refractivity contribution in [3.05, 3.63) is 54.1 Å². The number of aliphatic imine (C=N–C) groups is 1. The van der Waals surface area contributed by atoms with Crippen molar-refractivity contribution in [2.75, 3.05) is 23.1 Å². The summed E-state index contributed by atoms with van der Waals surface area (Å²) in [6, 6.07) is 12.9. The van der Waals surface area contributed by atoms with Gasteiger partial charge in [0.05, 0.1) is 17.1 Å². The molecule has 4 rings (SSSR count). The second kappa shape index (κ2) is 5.34. The molecule has 0 spiro atoms. The first-order valence-corrected chi connectivity index (χ1v) is 8.88. The maximum atomic E-state index is 12.4. The van der Waals surface area contributed by atoms with E-state index < -0.39 is 10.0 Å². The van der Waals surface area contributed by atoms with E-state index in [2.05, 4.69) is 15.0 Å². The number of carbonyl (C=O) groups is 1. The molecule has 0 aliphatic carbocycles. The topological polar surface area (TPSA) is 90.9 Å². The molecule has 2 aliphatic heterocycles. The zero-order valence-corrected chi connectivity index (χ0v) is 13.4. The second-order valence-corrected chi connectivity index (χ2v) is 7.15. The quantitative estimate of drug-likeness (QED) is 0.895. The van der Waals surface area contributed by atoms with Crippen LogP contribution in [0.2, 0.25) is 0 Å². The van der Waals surface area contributed by atoms with Gasteiger partial charge in [0.1, 0.15) is 5.84 Å². The number of nitrogens with one attached hydrogen (secondary N) is 2. The summed E-state index contributed by atoms with van der Waals surface area (Å²) in [5.74, 6) is 0.578. The van der Waals surface area contributed by atoms with E-state index >= 15 is 0 Å². The summed E-state index contributed by atoms with van der Waals surface area (Å²) in [5, 5.41) is 2.78. The predicted molar refractivity (Wildman–Crippen MR) is 90.8 cm³/mol. The molecule has 2 aromatic rings. The molecular weight excluding hydrogens is 328 g/mol. The summed E-state index contributed by atoms with van der Waals surface area (Å²) in [6.07, 6.45) is 0. The van der Waals surface area contributed by atoms with Gasteiger partial charge in [-0.3, -0.25) is 14.6 Å². The van der Waals surface area contributed by atoms with E-state index in [4.69, 9.17) is 0 Å². The molecule has 0 saturated heterocycles. The van der Waals surface area contributed by atoms with Crippen LogP contribution in [0.15, 0.2) is 58.4 Å². The minimum Gasteiger partial charge on any atom is -0.307 e. The van der Waals surface area contributed by atoms with Crippen LogP contribution < -0.4 is 10.0 Å². The molecule has 122 valence electrons. The Kier molecular flexibility index (Phi) is 3.27. The number of benzene rings is 2. The fraction of sp³-hybridized carbons (Fsp3) is 0.125. The van der Waals surface area contributed by atoms with Crippen LogP contribution in [0.4, 0.5) is 16.2 Å². The molecule has 2 amide bonds. The largest absolute Gasteiger partial charge is 0.327 e. The molecule has 24 heavy (non-hydrogen) atoms. The van der Waals surface area contributed by atoms with Gasteiger partial charge in [0, 0.05) is 17.8 Å². The van der Waals surface area contributed by atoms with Crippen LogP contribution in [0, 0.1) is 0 Å². The van der Waals surface area contributed by atoms with Crippen molar-refractivity contribution >= 4 is 33.3 Å². The molecule has 0 radical (unpaired) electrons. The van der Waals surface area contributed by atoms with Crippen LogP contribution >= 0.6 is 0 Å². The van der Waals surface area contributed by atoms with Crippen molar-refractivity contribution in [3.8, 4) is 0 Å². The van der Waals surface area contributed by atoms with Crippen molar-refractivity contribution in [2.45, 2.75) is 4.90 Å². The highest BCUT2D eigenvalue weighted by molar-refractivity contribution is 7.92. The highest BCUT2D eigenvalue weighted by Gasteiger charge is 2.32. The van der Waals surface area contributed by atoms with E-state index in [-0.39, 0.29) is 10.9 Å². The number of carbonyl (C=O) groups excluding carboxylic acids is 1. The number of hydrogen-bond acceptors (Lipinski definition) is 4. The maximum Gasteiger partial charge on any atom is 0.327 e. The number of sulfonamides is 1. The number of fused-ring (bicyclic) bond motifs is 3. The standard InChI is InChI=1S/C16H14N4O3S/c21-16-18-14-7-6-11(10-13(14)15-17-8-9-20(15)16)19-24(22,23)12-4-2-1-3-5-12/h1-7,10,19H,8-9H2,(H,18,21). The van der Waals surface area contributed by atoms with Gasteiger partial charge >= 0.3 is 6.03 Å². The van der Waals surface area contributed by atoms with Crippen LogP contribution in [0.1, 0.15) is 5.56 Å². The minimum atomic E-state index is -3.66. The molecular formula is C16H14N4O3S. The van der Waals surface area contributed by atoms with E-state index in [9.17, 15) is 13.2 Å². The van der Waals surface area contributed by atoms with Crippen molar-refractivity contribution in [1.29, 1.82) is 0 Å². The third-order valence-electron chi connectivity index (χ3n) is 3.89. The molecule has 2 aliphatic rings. The van der Waals surface area contributed by atoms with Crippen molar-refractivity contribution in [2.24, 2.45) is 4.99 Å². The Labute approximate surface area is 139 Å². The number of hydrogen-bond donors (Lipinski definition) is 2. The predicted octanol–water partition coefficient (Wildman–Crippen LogP) is 2.10. The summed E-state index contributed by atoms with van der Waals surface area (Å²) in [6.45, 7) is 1.07. The maximum absolute atomic E-state index is 12.4. The summed E-state index contributed by atoms with van der Waals surface area (Å²) >= 11 is 0. The third kappa shape index (κ3) is 2.41. The molecule has 0 bridgehead atoms.